The molecule has 4 heteroatoms. The first-order chi connectivity index (χ1) is 10.7. The zero-order valence-electron chi connectivity index (χ0n) is 13.9. The number of aromatic nitrogens is 1. The second kappa shape index (κ2) is 6.21. The zero-order chi connectivity index (χ0) is 15.0. The Kier molecular flexibility index (Phi) is 4.27. The summed E-state index contributed by atoms with van der Waals surface area (Å²) < 4.78 is 0. The van der Waals surface area contributed by atoms with E-state index in [0.29, 0.717) is 11.3 Å². The Hall–Kier alpha value is -0.450. The van der Waals surface area contributed by atoms with Crippen LogP contribution in [0, 0.1) is 5.41 Å². The molecule has 1 aromatic rings. The highest BCUT2D eigenvalue weighted by molar-refractivity contribution is 7.11. The molecule has 2 fully saturated rings. The van der Waals surface area contributed by atoms with Gasteiger partial charge in [-0.15, -0.1) is 11.3 Å². The fraction of sp³-hybridized carbons (Fsp3) is 0.833. The second-order valence-corrected chi connectivity index (χ2v) is 9.06. The highest BCUT2D eigenvalue weighted by Crippen LogP contribution is 2.36. The van der Waals surface area contributed by atoms with Crippen molar-refractivity contribution in [3.63, 3.8) is 0 Å². The van der Waals surface area contributed by atoms with E-state index in [4.69, 9.17) is 4.98 Å². The van der Waals surface area contributed by atoms with Gasteiger partial charge in [-0.05, 0) is 63.5 Å². The van der Waals surface area contributed by atoms with Crippen LogP contribution in [0.5, 0.6) is 0 Å². The van der Waals surface area contributed by atoms with Gasteiger partial charge in [-0.1, -0.05) is 6.92 Å². The summed E-state index contributed by atoms with van der Waals surface area (Å²) >= 11 is 2.04. The predicted octanol–water partition coefficient (Wildman–Crippen LogP) is 3.20. The topological polar surface area (TPSA) is 28.2 Å². The van der Waals surface area contributed by atoms with E-state index in [1.54, 1.807) is 4.88 Å². The molecule has 1 N–H and O–H groups in total. The minimum atomic E-state index is 0.490. The highest BCUT2D eigenvalue weighted by Gasteiger charge is 2.33. The standard InChI is InChI=1S/C18H29N3S/c1-18(8-9-19-12-18)13-21-10-4-5-14(11-21)17-20-15-6-2-3-7-16(15)22-17/h14,19H,2-13H2,1H3. The average molecular weight is 320 g/mol. The van der Waals surface area contributed by atoms with Crippen LogP contribution in [0.1, 0.15) is 60.5 Å². The van der Waals surface area contributed by atoms with Gasteiger partial charge >= 0.3 is 0 Å². The molecule has 0 spiro atoms. The molecule has 0 bridgehead atoms. The molecular weight excluding hydrogens is 290 g/mol. The number of aryl methyl sites for hydroxylation is 2. The third kappa shape index (κ3) is 3.10. The lowest BCUT2D eigenvalue weighted by Gasteiger charge is -2.37. The van der Waals surface area contributed by atoms with Gasteiger partial charge in [0.25, 0.3) is 0 Å². The monoisotopic (exact) mass is 319 g/mol. The molecule has 1 aromatic heterocycles. The molecule has 0 saturated carbocycles. The summed E-state index contributed by atoms with van der Waals surface area (Å²) in [6, 6.07) is 0. The summed E-state index contributed by atoms with van der Waals surface area (Å²) in [6.45, 7) is 8.64. The quantitative estimate of drug-likeness (QED) is 0.927. The molecule has 0 radical (unpaired) electrons. The number of hydrogen-bond donors (Lipinski definition) is 1. The van der Waals surface area contributed by atoms with Crippen LogP contribution in [0.25, 0.3) is 0 Å². The van der Waals surface area contributed by atoms with Crippen molar-refractivity contribution in [1.29, 1.82) is 0 Å². The first-order valence-corrected chi connectivity index (χ1v) is 9.95. The van der Waals surface area contributed by atoms with E-state index < -0.39 is 0 Å². The molecule has 4 rings (SSSR count). The number of hydrogen-bond acceptors (Lipinski definition) is 4. The van der Waals surface area contributed by atoms with Crippen LogP contribution in [0.4, 0.5) is 0 Å². The normalized spacial score (nSPS) is 33.0. The van der Waals surface area contributed by atoms with Crippen LogP contribution in [0.15, 0.2) is 0 Å². The van der Waals surface area contributed by atoms with E-state index in [1.165, 1.54) is 88.4 Å². The molecule has 1 aliphatic carbocycles. The van der Waals surface area contributed by atoms with E-state index in [1.807, 2.05) is 11.3 Å². The minimum Gasteiger partial charge on any atom is -0.316 e. The Morgan fingerprint density at radius 3 is 3.05 bits per heavy atom. The van der Waals surface area contributed by atoms with Gasteiger partial charge in [0.05, 0.1) is 10.7 Å². The Morgan fingerprint density at radius 2 is 2.23 bits per heavy atom. The fourth-order valence-electron chi connectivity index (χ4n) is 4.49. The summed E-state index contributed by atoms with van der Waals surface area (Å²) in [7, 11) is 0. The number of nitrogens with zero attached hydrogens (tertiary/aromatic N) is 2. The lowest BCUT2D eigenvalue weighted by Crippen LogP contribution is -2.42. The molecule has 22 heavy (non-hydrogen) atoms. The Morgan fingerprint density at radius 1 is 1.32 bits per heavy atom. The van der Waals surface area contributed by atoms with Gasteiger partial charge < -0.3 is 10.2 Å². The van der Waals surface area contributed by atoms with Crippen molar-refractivity contribution in [2.24, 2.45) is 5.41 Å². The molecule has 2 atom stereocenters. The van der Waals surface area contributed by atoms with Gasteiger partial charge in [-0.2, -0.15) is 0 Å². The van der Waals surface area contributed by atoms with Crippen LogP contribution in [0.3, 0.4) is 0 Å². The van der Waals surface area contributed by atoms with Crippen LogP contribution in [0.2, 0.25) is 0 Å². The molecule has 122 valence electrons. The van der Waals surface area contributed by atoms with E-state index in [0.717, 1.165) is 0 Å². The van der Waals surface area contributed by atoms with Crippen molar-refractivity contribution < 1.29 is 0 Å². The number of rotatable bonds is 3. The summed E-state index contributed by atoms with van der Waals surface area (Å²) in [5.41, 5.74) is 1.93. The Labute approximate surface area is 138 Å². The molecule has 2 saturated heterocycles. The van der Waals surface area contributed by atoms with Crippen molar-refractivity contribution in [2.75, 3.05) is 32.7 Å². The zero-order valence-corrected chi connectivity index (χ0v) is 14.7. The third-order valence-electron chi connectivity index (χ3n) is 5.78. The molecule has 3 heterocycles. The van der Waals surface area contributed by atoms with E-state index >= 15 is 0 Å². The maximum absolute atomic E-state index is 5.04. The van der Waals surface area contributed by atoms with Gasteiger partial charge in [0.2, 0.25) is 0 Å². The van der Waals surface area contributed by atoms with Crippen molar-refractivity contribution in [3.8, 4) is 0 Å². The minimum absolute atomic E-state index is 0.490. The first-order valence-electron chi connectivity index (χ1n) is 9.13. The van der Waals surface area contributed by atoms with Gasteiger partial charge in [0, 0.05) is 30.4 Å². The Bertz CT molecular complexity index is 495. The summed E-state index contributed by atoms with van der Waals surface area (Å²) in [4.78, 5) is 9.36. The highest BCUT2D eigenvalue weighted by atomic mass is 32.1. The van der Waals surface area contributed by atoms with Gasteiger partial charge in [0.1, 0.15) is 0 Å². The lowest BCUT2D eigenvalue weighted by molar-refractivity contribution is 0.141. The van der Waals surface area contributed by atoms with Gasteiger partial charge in [-0.3, -0.25) is 0 Å². The van der Waals surface area contributed by atoms with E-state index in [9.17, 15) is 0 Å². The summed E-state index contributed by atoms with van der Waals surface area (Å²) in [6.07, 6.45) is 9.25. The number of fused-ring (bicyclic) bond motifs is 1. The van der Waals surface area contributed by atoms with Crippen molar-refractivity contribution in [3.05, 3.63) is 15.6 Å². The van der Waals surface area contributed by atoms with Crippen molar-refractivity contribution in [2.45, 2.75) is 57.8 Å². The average Bonchev–Trinajstić information content (AvgIpc) is 3.13. The molecule has 0 amide bonds. The van der Waals surface area contributed by atoms with E-state index in [2.05, 4.69) is 17.1 Å². The number of piperidine rings is 1. The summed E-state index contributed by atoms with van der Waals surface area (Å²) in [5, 5.41) is 4.99. The first kappa shape index (κ1) is 15.1. The summed E-state index contributed by atoms with van der Waals surface area (Å²) in [5.74, 6) is 0.697. The Balaban J connectivity index is 1.43. The van der Waals surface area contributed by atoms with Crippen molar-refractivity contribution in [1.82, 2.24) is 15.2 Å². The van der Waals surface area contributed by atoms with Crippen molar-refractivity contribution >= 4 is 11.3 Å². The predicted molar refractivity (Wildman–Crippen MR) is 92.8 cm³/mol. The van der Waals surface area contributed by atoms with Crippen LogP contribution in [-0.2, 0) is 12.8 Å². The number of thiazole rings is 1. The van der Waals surface area contributed by atoms with Crippen LogP contribution >= 0.6 is 11.3 Å². The number of nitrogens with one attached hydrogen (secondary N) is 1. The molecule has 2 unspecified atom stereocenters. The maximum atomic E-state index is 5.04. The largest absolute Gasteiger partial charge is 0.316 e. The maximum Gasteiger partial charge on any atom is 0.0974 e. The molecule has 3 nitrogen and oxygen atoms in total. The third-order valence-corrected chi connectivity index (χ3v) is 7.10. The fourth-order valence-corrected chi connectivity index (χ4v) is 5.77. The molecule has 3 aliphatic rings. The van der Waals surface area contributed by atoms with Crippen LogP contribution in [-0.4, -0.2) is 42.6 Å². The SMILES string of the molecule is CC1(CN2CCCC(c3nc4c(s3)CCCC4)C2)CCNC1. The molecule has 0 aromatic carbocycles. The molecular formula is C18H29N3S. The second-order valence-electron chi connectivity index (χ2n) is 7.94. The van der Waals surface area contributed by atoms with Crippen LogP contribution < -0.4 is 5.32 Å². The van der Waals surface area contributed by atoms with Gasteiger partial charge in [0.15, 0.2) is 0 Å². The lowest BCUT2D eigenvalue weighted by atomic mass is 9.87. The molecule has 2 aliphatic heterocycles. The van der Waals surface area contributed by atoms with E-state index in [-0.39, 0.29) is 0 Å². The smallest absolute Gasteiger partial charge is 0.0974 e. The number of likely N-dealkylation sites (tertiary alicyclic amines) is 1. The van der Waals surface area contributed by atoms with Gasteiger partial charge in [-0.25, -0.2) is 4.98 Å².